The van der Waals surface area contributed by atoms with Crippen LogP contribution in [-0.4, -0.2) is 37.6 Å². The number of hydrogen-bond acceptors (Lipinski definition) is 4. The maximum absolute atomic E-state index is 11.4. The maximum Gasteiger partial charge on any atom is 0.209 e. The first-order valence-electron chi connectivity index (χ1n) is 6.27. The Bertz CT molecular complexity index is 351. The van der Waals surface area contributed by atoms with Crippen LogP contribution in [0.3, 0.4) is 0 Å². The Morgan fingerprint density at radius 2 is 2.06 bits per heavy atom. The number of aliphatic imine (C=N–C) groups is 1. The molecule has 0 saturated carbocycles. The van der Waals surface area contributed by atoms with Crippen LogP contribution < -0.4 is 0 Å². The molecule has 0 aromatic carbocycles. The van der Waals surface area contributed by atoms with Gasteiger partial charge in [-0.1, -0.05) is 26.0 Å². The molecule has 0 amide bonds. The monoisotopic (exact) mass is 266 g/mol. The van der Waals surface area contributed by atoms with Crippen LogP contribution in [0.4, 0.5) is 0 Å². The van der Waals surface area contributed by atoms with Gasteiger partial charge in [0.1, 0.15) is 7.85 Å². The van der Waals surface area contributed by atoms with E-state index in [1.54, 1.807) is 13.3 Å². The minimum atomic E-state index is 0.161. The Labute approximate surface area is 116 Å². The Balaban J connectivity index is 4.68. The first-order chi connectivity index (χ1) is 8.54. The predicted molar refractivity (Wildman–Crippen MR) is 84.7 cm³/mol. The molecule has 0 heterocycles. The summed E-state index contributed by atoms with van der Waals surface area (Å²) in [5.41, 5.74) is 2.30. The van der Waals surface area contributed by atoms with Gasteiger partial charge in [-0.15, -0.1) is 5.47 Å². The number of hydrogen-bond donors (Lipinski definition) is 0. The average molecular weight is 266 g/mol. The van der Waals surface area contributed by atoms with E-state index in [-0.39, 0.29) is 5.12 Å². The zero-order valence-electron chi connectivity index (χ0n) is 12.1. The van der Waals surface area contributed by atoms with Crippen LogP contribution in [-0.2, 0) is 4.79 Å². The fourth-order valence-corrected chi connectivity index (χ4v) is 2.02. The van der Waals surface area contributed by atoms with Crippen LogP contribution in [0.5, 0.6) is 0 Å². The summed E-state index contributed by atoms with van der Waals surface area (Å²) in [7, 11) is 5.75. The molecule has 0 unspecified atom stereocenters. The highest BCUT2D eigenvalue weighted by atomic mass is 32.2. The van der Waals surface area contributed by atoms with E-state index in [1.165, 1.54) is 17.4 Å². The van der Waals surface area contributed by atoms with Crippen LogP contribution in [0.15, 0.2) is 28.3 Å². The number of carbonyl (C=O) groups excluding carboxylic acids is 1. The van der Waals surface area contributed by atoms with Crippen LogP contribution in [0.1, 0.15) is 33.1 Å². The van der Waals surface area contributed by atoms with E-state index in [2.05, 4.69) is 31.9 Å². The van der Waals surface area contributed by atoms with Crippen molar-refractivity contribution in [3.63, 3.8) is 0 Å². The SMILES string of the molecule is B/C(=C\CC)C/C=C(\C=N/C)N(C)SC(=O)CC. The second kappa shape index (κ2) is 10.0. The molecule has 0 aromatic heterocycles. The van der Waals surface area contributed by atoms with Gasteiger partial charge in [0.05, 0.1) is 5.70 Å². The summed E-state index contributed by atoms with van der Waals surface area (Å²) in [6.07, 6.45) is 8.58. The molecule has 0 atom stereocenters. The zero-order chi connectivity index (χ0) is 14.0. The third-order valence-corrected chi connectivity index (χ3v) is 3.32. The molecule has 100 valence electrons. The van der Waals surface area contributed by atoms with Crippen molar-refractivity contribution in [2.24, 2.45) is 4.99 Å². The van der Waals surface area contributed by atoms with Gasteiger partial charge >= 0.3 is 0 Å². The molecule has 0 aliphatic carbocycles. The quantitative estimate of drug-likeness (QED) is 0.403. The number of rotatable bonds is 7. The predicted octanol–water partition coefficient (Wildman–Crippen LogP) is 2.40. The lowest BCUT2D eigenvalue weighted by Crippen LogP contribution is -2.13. The largest absolute Gasteiger partial charge is 0.312 e. The molecular weight excluding hydrogens is 243 g/mol. The standard InChI is InChI=1S/C13H23BN2OS/c1-5-7-11(14)8-9-12(10-15-3)16(4)18-13(17)6-2/h7,9-10H,5-6,8,14H2,1-4H3/b11-7-,12-9+,15-10-. The van der Waals surface area contributed by atoms with Gasteiger partial charge in [-0.25, -0.2) is 0 Å². The maximum atomic E-state index is 11.4. The van der Waals surface area contributed by atoms with E-state index in [0.29, 0.717) is 6.42 Å². The van der Waals surface area contributed by atoms with Crippen LogP contribution in [0.25, 0.3) is 0 Å². The minimum Gasteiger partial charge on any atom is -0.312 e. The van der Waals surface area contributed by atoms with Crippen LogP contribution in [0, 0.1) is 0 Å². The van der Waals surface area contributed by atoms with Crippen LogP contribution >= 0.6 is 11.9 Å². The van der Waals surface area contributed by atoms with E-state index >= 15 is 0 Å². The van der Waals surface area contributed by atoms with Crippen molar-refractivity contribution in [3.8, 4) is 0 Å². The molecule has 0 fully saturated rings. The van der Waals surface area contributed by atoms with Crippen molar-refractivity contribution in [2.45, 2.75) is 33.1 Å². The third kappa shape index (κ3) is 7.38. The molecule has 0 radical (unpaired) electrons. The van der Waals surface area contributed by atoms with Crippen molar-refractivity contribution in [3.05, 3.63) is 23.3 Å². The molecule has 0 aliphatic rings. The topological polar surface area (TPSA) is 32.7 Å². The highest BCUT2D eigenvalue weighted by Gasteiger charge is 2.07. The third-order valence-electron chi connectivity index (χ3n) is 2.34. The molecule has 0 rings (SSSR count). The summed E-state index contributed by atoms with van der Waals surface area (Å²) < 4.78 is 1.87. The van der Waals surface area contributed by atoms with Crippen molar-refractivity contribution in [2.75, 3.05) is 14.1 Å². The van der Waals surface area contributed by atoms with Crippen molar-refractivity contribution >= 4 is 31.1 Å². The second-order valence-electron chi connectivity index (χ2n) is 3.99. The highest BCUT2D eigenvalue weighted by Crippen LogP contribution is 2.17. The summed E-state index contributed by atoms with van der Waals surface area (Å²) >= 11 is 1.23. The van der Waals surface area contributed by atoms with E-state index in [1.807, 2.05) is 18.3 Å². The van der Waals surface area contributed by atoms with E-state index in [0.717, 1.165) is 18.5 Å². The molecule has 5 heteroatoms. The molecular formula is C13H23BN2OS. The molecule has 18 heavy (non-hydrogen) atoms. The van der Waals surface area contributed by atoms with Gasteiger partial charge in [0.15, 0.2) is 0 Å². The average Bonchev–Trinajstić information content (AvgIpc) is 2.34. The highest BCUT2D eigenvalue weighted by molar-refractivity contribution is 8.11. The Morgan fingerprint density at radius 1 is 1.39 bits per heavy atom. The Kier molecular flexibility index (Phi) is 9.47. The van der Waals surface area contributed by atoms with Gasteiger partial charge in [0.25, 0.3) is 0 Å². The van der Waals surface area contributed by atoms with E-state index in [4.69, 9.17) is 0 Å². The van der Waals surface area contributed by atoms with Crippen molar-refractivity contribution in [1.82, 2.24) is 4.31 Å². The van der Waals surface area contributed by atoms with E-state index < -0.39 is 0 Å². The zero-order valence-corrected chi connectivity index (χ0v) is 12.9. The summed E-state index contributed by atoms with van der Waals surface area (Å²) in [5, 5.41) is 0.161. The molecule has 0 aromatic rings. The smallest absolute Gasteiger partial charge is 0.209 e. The molecule has 0 N–H and O–H groups in total. The molecule has 0 bridgehead atoms. The van der Waals surface area contributed by atoms with Crippen molar-refractivity contribution < 1.29 is 4.79 Å². The van der Waals surface area contributed by atoms with Gasteiger partial charge < -0.3 is 4.31 Å². The van der Waals surface area contributed by atoms with Gasteiger partial charge in [0.2, 0.25) is 5.12 Å². The lowest BCUT2D eigenvalue weighted by Gasteiger charge is -2.17. The summed E-state index contributed by atoms with van der Waals surface area (Å²) in [6.45, 7) is 4.00. The Morgan fingerprint density at radius 3 is 2.56 bits per heavy atom. The van der Waals surface area contributed by atoms with Crippen molar-refractivity contribution in [1.29, 1.82) is 0 Å². The number of allylic oxidation sites excluding steroid dienone is 4. The fourth-order valence-electron chi connectivity index (χ4n) is 1.36. The first kappa shape index (κ1) is 17.0. The van der Waals surface area contributed by atoms with E-state index in [9.17, 15) is 4.79 Å². The van der Waals surface area contributed by atoms with Gasteiger partial charge in [-0.05, 0) is 12.8 Å². The molecule has 3 nitrogen and oxygen atoms in total. The first-order valence-corrected chi connectivity index (χ1v) is 7.04. The minimum absolute atomic E-state index is 0.161. The lowest BCUT2D eigenvalue weighted by atomic mass is 9.91. The summed E-state index contributed by atoms with van der Waals surface area (Å²) in [5.74, 6) is 0. The Hall–Kier alpha value is -0.965. The van der Waals surface area contributed by atoms with Gasteiger partial charge in [0, 0.05) is 38.7 Å². The molecule has 0 aliphatic heterocycles. The molecule has 0 spiro atoms. The summed E-state index contributed by atoms with van der Waals surface area (Å²) in [4.78, 5) is 15.4. The van der Waals surface area contributed by atoms with Gasteiger partial charge in [-0.3, -0.25) is 9.79 Å². The summed E-state index contributed by atoms with van der Waals surface area (Å²) in [6, 6.07) is 0. The number of nitrogens with zero attached hydrogens (tertiary/aromatic N) is 2. The number of carbonyl (C=O) groups is 1. The normalized spacial score (nSPS) is 13.1. The molecule has 0 saturated heterocycles. The lowest BCUT2D eigenvalue weighted by molar-refractivity contribution is -0.110. The second-order valence-corrected chi connectivity index (χ2v) is 5.18. The van der Waals surface area contributed by atoms with Crippen LogP contribution in [0.2, 0.25) is 0 Å². The fraction of sp³-hybridized carbons (Fsp3) is 0.538. The van der Waals surface area contributed by atoms with Gasteiger partial charge in [-0.2, -0.15) is 0 Å².